The molecule has 8 heteroatoms. The fraction of sp³-hybridized carbons (Fsp3) is 0.524. The normalized spacial score (nSPS) is 15.3. The van der Waals surface area contributed by atoms with Gasteiger partial charge in [-0.15, -0.1) is 11.3 Å². The van der Waals surface area contributed by atoms with Crippen LogP contribution in [0.25, 0.3) is 10.2 Å². The lowest BCUT2D eigenvalue weighted by Gasteiger charge is -2.32. The predicted octanol–water partition coefficient (Wildman–Crippen LogP) is 3.09. The zero-order valence-corrected chi connectivity index (χ0v) is 18.0. The summed E-state index contributed by atoms with van der Waals surface area (Å²) in [4.78, 5) is 34.2. The van der Waals surface area contributed by atoms with Crippen LogP contribution in [0.4, 0.5) is 0 Å². The highest BCUT2D eigenvalue weighted by Crippen LogP contribution is 2.28. The number of aryl methyl sites for hydroxylation is 4. The molecule has 3 aromatic rings. The summed E-state index contributed by atoms with van der Waals surface area (Å²) in [6, 6.07) is 2.04. The number of hydrogen-bond acceptors (Lipinski definition) is 5. The van der Waals surface area contributed by atoms with E-state index in [4.69, 9.17) is 0 Å². The molecule has 3 aromatic heterocycles. The molecule has 0 bridgehead atoms. The molecule has 0 aliphatic carbocycles. The predicted molar refractivity (Wildman–Crippen MR) is 114 cm³/mol. The Morgan fingerprint density at radius 1 is 1.28 bits per heavy atom. The molecule has 29 heavy (non-hydrogen) atoms. The molecule has 0 spiro atoms. The van der Waals surface area contributed by atoms with Crippen LogP contribution in [0.1, 0.15) is 48.4 Å². The summed E-state index contributed by atoms with van der Waals surface area (Å²) in [6.07, 6.45) is 6.31. The van der Waals surface area contributed by atoms with Gasteiger partial charge in [-0.1, -0.05) is 6.92 Å². The molecule has 0 radical (unpaired) electrons. The third kappa shape index (κ3) is 3.73. The average Bonchev–Trinajstić information content (AvgIpc) is 3.28. The fourth-order valence-corrected chi connectivity index (χ4v) is 5.31. The zero-order valence-electron chi connectivity index (χ0n) is 17.2. The molecule has 4 heterocycles. The maximum atomic E-state index is 13.1. The van der Waals surface area contributed by atoms with Crippen molar-refractivity contribution in [1.82, 2.24) is 24.2 Å². The quantitative estimate of drug-likeness (QED) is 0.644. The van der Waals surface area contributed by atoms with Crippen molar-refractivity contribution in [2.45, 2.75) is 59.0 Å². The second-order valence-corrected chi connectivity index (χ2v) is 8.89. The molecule has 1 amide bonds. The van der Waals surface area contributed by atoms with E-state index in [2.05, 4.69) is 23.9 Å². The zero-order chi connectivity index (χ0) is 20.5. The van der Waals surface area contributed by atoms with Crippen LogP contribution in [0.2, 0.25) is 0 Å². The Morgan fingerprint density at radius 2 is 2.03 bits per heavy atom. The van der Waals surface area contributed by atoms with Crippen LogP contribution in [0.15, 0.2) is 23.4 Å². The van der Waals surface area contributed by atoms with Gasteiger partial charge in [0, 0.05) is 48.9 Å². The van der Waals surface area contributed by atoms with Gasteiger partial charge in [-0.2, -0.15) is 5.10 Å². The third-order valence-electron chi connectivity index (χ3n) is 5.97. The molecule has 0 saturated carbocycles. The third-order valence-corrected chi connectivity index (χ3v) is 7.02. The minimum Gasteiger partial charge on any atom is -0.342 e. The van der Waals surface area contributed by atoms with Crippen LogP contribution >= 0.6 is 11.3 Å². The lowest BCUT2D eigenvalue weighted by Crippen LogP contribution is -2.41. The molecule has 1 aliphatic heterocycles. The Morgan fingerprint density at radius 3 is 2.69 bits per heavy atom. The van der Waals surface area contributed by atoms with E-state index in [1.54, 1.807) is 28.4 Å². The first-order valence-corrected chi connectivity index (χ1v) is 11.1. The summed E-state index contributed by atoms with van der Waals surface area (Å²) in [5, 5.41) is 5.02. The number of nitrogens with zero attached hydrogens (tertiary/aromatic N) is 5. The van der Waals surface area contributed by atoms with Gasteiger partial charge in [0.1, 0.15) is 4.83 Å². The van der Waals surface area contributed by atoms with Gasteiger partial charge in [-0.05, 0) is 44.7 Å². The van der Waals surface area contributed by atoms with Gasteiger partial charge in [-0.25, -0.2) is 4.98 Å². The van der Waals surface area contributed by atoms with Crippen molar-refractivity contribution < 1.29 is 4.79 Å². The first-order valence-electron chi connectivity index (χ1n) is 10.2. The molecule has 7 nitrogen and oxygen atoms in total. The standard InChI is InChI=1S/C21H27N5O2S/c1-4-17-15(3)29-20-19(17)21(28)25(13-22-20)16-6-10-24(11-7-16)18(27)8-12-26-14(2)5-9-23-26/h5,9,13,16H,4,6-8,10-12H2,1-3H3. The van der Waals surface area contributed by atoms with Crippen molar-refractivity contribution in [3.63, 3.8) is 0 Å². The van der Waals surface area contributed by atoms with Gasteiger partial charge < -0.3 is 4.90 Å². The molecule has 1 saturated heterocycles. The van der Waals surface area contributed by atoms with Crippen molar-refractivity contribution in [3.05, 3.63) is 45.1 Å². The van der Waals surface area contributed by atoms with E-state index in [9.17, 15) is 9.59 Å². The van der Waals surface area contributed by atoms with Crippen LogP contribution in [0.3, 0.4) is 0 Å². The highest BCUT2D eigenvalue weighted by atomic mass is 32.1. The van der Waals surface area contributed by atoms with Crippen LogP contribution in [-0.2, 0) is 17.8 Å². The number of carbonyl (C=O) groups excluding carboxylic acids is 1. The number of fused-ring (bicyclic) bond motifs is 1. The van der Waals surface area contributed by atoms with Crippen molar-refractivity contribution in [2.75, 3.05) is 13.1 Å². The Kier molecular flexibility index (Phi) is 5.54. The SMILES string of the molecule is CCc1c(C)sc2ncn(C3CCN(C(=O)CCn4nccc4C)CC3)c(=O)c12. The molecule has 0 atom stereocenters. The lowest BCUT2D eigenvalue weighted by molar-refractivity contribution is -0.132. The maximum absolute atomic E-state index is 13.1. The molecule has 4 rings (SSSR count). The van der Waals surface area contributed by atoms with Gasteiger partial charge in [0.2, 0.25) is 5.91 Å². The van der Waals surface area contributed by atoms with E-state index < -0.39 is 0 Å². The highest BCUT2D eigenvalue weighted by Gasteiger charge is 2.25. The van der Waals surface area contributed by atoms with Crippen molar-refractivity contribution in [3.8, 4) is 0 Å². The summed E-state index contributed by atoms with van der Waals surface area (Å²) in [5.74, 6) is 0.154. The van der Waals surface area contributed by atoms with Crippen LogP contribution in [0, 0.1) is 13.8 Å². The second kappa shape index (κ2) is 8.10. The fourth-order valence-electron chi connectivity index (χ4n) is 4.24. The molecular weight excluding hydrogens is 386 g/mol. The van der Waals surface area contributed by atoms with Gasteiger partial charge in [0.15, 0.2) is 0 Å². The van der Waals surface area contributed by atoms with Crippen molar-refractivity contribution in [2.24, 2.45) is 0 Å². The summed E-state index contributed by atoms with van der Waals surface area (Å²) in [7, 11) is 0. The van der Waals surface area contributed by atoms with Crippen molar-refractivity contribution in [1.29, 1.82) is 0 Å². The molecule has 1 fully saturated rings. The van der Waals surface area contributed by atoms with Crippen molar-refractivity contribution >= 4 is 27.5 Å². The number of rotatable bonds is 5. The largest absolute Gasteiger partial charge is 0.342 e. The van der Waals surface area contributed by atoms with E-state index in [1.165, 1.54) is 4.88 Å². The lowest BCUT2D eigenvalue weighted by atomic mass is 10.0. The number of piperidine rings is 1. The summed E-state index contributed by atoms with van der Waals surface area (Å²) in [6.45, 7) is 8.09. The summed E-state index contributed by atoms with van der Waals surface area (Å²) in [5.41, 5.74) is 2.25. The van der Waals surface area contributed by atoms with E-state index in [-0.39, 0.29) is 17.5 Å². The Hall–Kier alpha value is -2.48. The van der Waals surface area contributed by atoms with Crippen LogP contribution in [-0.4, -0.2) is 43.2 Å². The topological polar surface area (TPSA) is 73.0 Å². The minimum absolute atomic E-state index is 0.0649. The summed E-state index contributed by atoms with van der Waals surface area (Å²) < 4.78 is 3.65. The Labute approximate surface area is 174 Å². The molecule has 0 unspecified atom stereocenters. The molecular formula is C21H27N5O2S. The number of aromatic nitrogens is 4. The summed E-state index contributed by atoms with van der Waals surface area (Å²) >= 11 is 1.60. The van der Waals surface area contributed by atoms with Crippen LogP contribution < -0.4 is 5.56 Å². The Bertz CT molecular complexity index is 1090. The van der Waals surface area contributed by atoms with Gasteiger partial charge >= 0.3 is 0 Å². The second-order valence-electron chi connectivity index (χ2n) is 7.69. The number of hydrogen-bond donors (Lipinski definition) is 0. The minimum atomic E-state index is 0.0649. The van der Waals surface area contributed by atoms with E-state index >= 15 is 0 Å². The monoisotopic (exact) mass is 413 g/mol. The molecule has 1 aliphatic rings. The smallest absolute Gasteiger partial charge is 0.262 e. The molecule has 0 N–H and O–H groups in total. The average molecular weight is 414 g/mol. The highest BCUT2D eigenvalue weighted by molar-refractivity contribution is 7.18. The van der Waals surface area contributed by atoms with E-state index in [0.29, 0.717) is 26.1 Å². The number of likely N-dealkylation sites (tertiary alicyclic amines) is 1. The van der Waals surface area contributed by atoms with Gasteiger partial charge in [0.05, 0.1) is 11.7 Å². The number of carbonyl (C=O) groups is 1. The first-order chi connectivity index (χ1) is 14.0. The number of amides is 1. The van der Waals surface area contributed by atoms with E-state index in [1.807, 2.05) is 22.6 Å². The van der Waals surface area contributed by atoms with Gasteiger partial charge in [-0.3, -0.25) is 18.8 Å². The molecule has 154 valence electrons. The molecule has 0 aromatic carbocycles. The first kappa shape index (κ1) is 19.8. The Balaban J connectivity index is 1.43. The van der Waals surface area contributed by atoms with Gasteiger partial charge in [0.25, 0.3) is 5.56 Å². The number of thiophene rings is 1. The maximum Gasteiger partial charge on any atom is 0.262 e. The van der Waals surface area contributed by atoms with E-state index in [0.717, 1.165) is 40.7 Å². The van der Waals surface area contributed by atoms with Crippen LogP contribution in [0.5, 0.6) is 0 Å².